The van der Waals surface area contributed by atoms with Crippen molar-refractivity contribution in [1.29, 1.82) is 0 Å². The molecule has 0 bridgehead atoms. The van der Waals surface area contributed by atoms with Crippen molar-refractivity contribution in [1.82, 2.24) is 0 Å². The van der Waals surface area contributed by atoms with Crippen LogP contribution in [0.1, 0.15) is 47.2 Å². The Kier molecular flexibility index (Phi) is 8.85. The molecule has 316 valence electrons. The van der Waals surface area contributed by atoms with Gasteiger partial charge < -0.3 is 4.90 Å². The normalized spacial score (nSPS) is 13.8. The fourth-order valence-electron chi connectivity index (χ4n) is 11.8. The average molecular weight is 854 g/mol. The summed E-state index contributed by atoms with van der Waals surface area (Å²) < 4.78 is 0. The number of hydrogen-bond donors (Lipinski definition) is 0. The molecule has 0 radical (unpaired) electrons. The molecule has 0 saturated carbocycles. The minimum atomic E-state index is -0.575. The molecule has 2 aliphatic carbocycles. The van der Waals surface area contributed by atoms with Crippen molar-refractivity contribution in [3.05, 3.63) is 282 Å². The molecule has 67 heavy (non-hydrogen) atoms. The van der Waals surface area contributed by atoms with Gasteiger partial charge in [-0.15, -0.1) is 0 Å². The highest BCUT2D eigenvalue weighted by molar-refractivity contribution is 6.09. The standard InChI is InChI=1S/C66H47N/c1-65(2)60-28-16-14-26-55(60)57-39-37-52(41-62(57)65)67(51-35-32-45(33-36-51)44-18-6-3-7-19-44)64-43-63-59(42-58(64)48-34-38-54-47(40-48)31-30-46-20-12-13-25-53(46)54)56-27-15-17-29-61(56)66(63,49-21-8-4-9-22-49)50-23-10-5-11-24-50/h3-43H,1-2H3. The number of nitrogens with zero attached hydrogens (tertiary/aromatic N) is 1. The highest BCUT2D eigenvalue weighted by atomic mass is 15.1. The van der Waals surface area contributed by atoms with Crippen molar-refractivity contribution >= 4 is 38.6 Å². The lowest BCUT2D eigenvalue weighted by atomic mass is 9.67. The zero-order chi connectivity index (χ0) is 44.7. The number of rotatable bonds is 7. The van der Waals surface area contributed by atoms with Gasteiger partial charge >= 0.3 is 0 Å². The Bertz CT molecular complexity index is 3660. The molecule has 0 aliphatic heterocycles. The molecule has 1 nitrogen and oxygen atoms in total. The van der Waals surface area contributed by atoms with Gasteiger partial charge in [0.2, 0.25) is 0 Å². The molecular formula is C66H47N. The first-order valence-corrected chi connectivity index (χ1v) is 23.5. The molecule has 0 aromatic heterocycles. The predicted octanol–water partition coefficient (Wildman–Crippen LogP) is 17.5. The predicted molar refractivity (Wildman–Crippen MR) is 282 cm³/mol. The monoisotopic (exact) mass is 853 g/mol. The van der Waals surface area contributed by atoms with Gasteiger partial charge in [-0.3, -0.25) is 0 Å². The topological polar surface area (TPSA) is 3.24 Å². The van der Waals surface area contributed by atoms with Crippen LogP contribution >= 0.6 is 0 Å². The molecule has 0 fully saturated rings. The number of hydrogen-bond acceptors (Lipinski definition) is 1. The molecule has 11 aromatic carbocycles. The Morgan fingerprint density at radius 3 is 1.57 bits per heavy atom. The van der Waals surface area contributed by atoms with Crippen molar-refractivity contribution in [3.63, 3.8) is 0 Å². The van der Waals surface area contributed by atoms with Gasteiger partial charge in [-0.05, 0) is 136 Å². The number of anilines is 3. The van der Waals surface area contributed by atoms with E-state index in [0.717, 1.165) is 17.1 Å². The Labute approximate surface area is 392 Å². The summed E-state index contributed by atoms with van der Waals surface area (Å²) in [4.78, 5) is 2.54. The van der Waals surface area contributed by atoms with Crippen molar-refractivity contribution < 1.29 is 0 Å². The van der Waals surface area contributed by atoms with Crippen molar-refractivity contribution in [2.75, 3.05) is 4.90 Å². The van der Waals surface area contributed by atoms with Crippen LogP contribution in [0, 0.1) is 0 Å². The van der Waals surface area contributed by atoms with Gasteiger partial charge in [-0.1, -0.05) is 220 Å². The lowest BCUT2D eigenvalue weighted by Crippen LogP contribution is -2.28. The number of fused-ring (bicyclic) bond motifs is 9. The van der Waals surface area contributed by atoms with E-state index in [9.17, 15) is 0 Å². The van der Waals surface area contributed by atoms with E-state index < -0.39 is 5.41 Å². The van der Waals surface area contributed by atoms with Crippen LogP contribution in [0.15, 0.2) is 249 Å². The molecular weight excluding hydrogens is 807 g/mol. The summed E-state index contributed by atoms with van der Waals surface area (Å²) in [7, 11) is 0. The maximum atomic E-state index is 2.55. The van der Waals surface area contributed by atoms with Crippen LogP contribution in [0.25, 0.3) is 66.1 Å². The smallest absolute Gasteiger partial charge is 0.0714 e. The van der Waals surface area contributed by atoms with Crippen LogP contribution in [0.4, 0.5) is 17.1 Å². The first-order chi connectivity index (χ1) is 33.0. The third-order valence-corrected chi connectivity index (χ3v) is 14.9. The van der Waals surface area contributed by atoms with E-state index in [1.54, 1.807) is 0 Å². The Morgan fingerprint density at radius 1 is 0.299 bits per heavy atom. The Hall–Kier alpha value is -8.26. The van der Waals surface area contributed by atoms with Gasteiger partial charge in [0.1, 0.15) is 0 Å². The summed E-state index contributed by atoms with van der Waals surface area (Å²) in [6.45, 7) is 4.76. The minimum Gasteiger partial charge on any atom is -0.310 e. The minimum absolute atomic E-state index is 0.177. The van der Waals surface area contributed by atoms with E-state index in [1.165, 1.54) is 99.4 Å². The van der Waals surface area contributed by atoms with Crippen LogP contribution in [-0.2, 0) is 10.8 Å². The Balaban J connectivity index is 1.13. The SMILES string of the molecule is CC1(C)c2ccccc2-c2ccc(N(c3ccc(-c4ccccc4)cc3)c3cc4c(cc3-c3ccc5c(ccc6ccccc65)c3)-c3ccccc3C4(c3ccccc3)c3ccccc3)cc21. The summed E-state index contributed by atoms with van der Waals surface area (Å²) in [6.07, 6.45) is 0. The molecule has 0 heterocycles. The van der Waals surface area contributed by atoms with Gasteiger partial charge in [0.05, 0.1) is 11.1 Å². The fraction of sp³-hybridized carbons (Fsp3) is 0.0606. The molecule has 1 heteroatoms. The quantitative estimate of drug-likeness (QED) is 0.144. The van der Waals surface area contributed by atoms with Crippen molar-refractivity contribution in [2.45, 2.75) is 24.7 Å². The van der Waals surface area contributed by atoms with E-state index in [-0.39, 0.29) is 5.41 Å². The largest absolute Gasteiger partial charge is 0.310 e. The third kappa shape index (κ3) is 5.94. The van der Waals surface area contributed by atoms with Gasteiger partial charge in [0, 0.05) is 22.4 Å². The van der Waals surface area contributed by atoms with Crippen LogP contribution in [0.3, 0.4) is 0 Å². The van der Waals surface area contributed by atoms with Gasteiger partial charge in [0.15, 0.2) is 0 Å². The summed E-state index contributed by atoms with van der Waals surface area (Å²) in [5, 5.41) is 5.01. The molecule has 0 saturated heterocycles. The highest BCUT2D eigenvalue weighted by Crippen LogP contribution is 2.59. The second kappa shape index (κ2) is 15.2. The summed E-state index contributed by atoms with van der Waals surface area (Å²) >= 11 is 0. The van der Waals surface area contributed by atoms with Crippen LogP contribution < -0.4 is 4.90 Å². The lowest BCUT2D eigenvalue weighted by molar-refractivity contribution is 0.660. The highest BCUT2D eigenvalue weighted by Gasteiger charge is 2.47. The summed E-state index contributed by atoms with van der Waals surface area (Å²) in [6, 6.07) is 92.9. The maximum absolute atomic E-state index is 2.55. The molecule has 0 unspecified atom stereocenters. The van der Waals surface area contributed by atoms with Crippen LogP contribution in [0.2, 0.25) is 0 Å². The van der Waals surface area contributed by atoms with Gasteiger partial charge in [-0.25, -0.2) is 0 Å². The molecule has 0 amide bonds. The summed E-state index contributed by atoms with van der Waals surface area (Å²) in [5.41, 5.74) is 20.3. The molecule has 0 spiro atoms. The Morgan fingerprint density at radius 2 is 0.836 bits per heavy atom. The number of benzene rings is 11. The van der Waals surface area contributed by atoms with E-state index >= 15 is 0 Å². The average Bonchev–Trinajstić information content (AvgIpc) is 3.81. The van der Waals surface area contributed by atoms with Crippen molar-refractivity contribution in [2.24, 2.45) is 0 Å². The fourth-order valence-corrected chi connectivity index (χ4v) is 11.8. The summed E-state index contributed by atoms with van der Waals surface area (Å²) in [5.74, 6) is 0. The first-order valence-electron chi connectivity index (χ1n) is 23.5. The van der Waals surface area contributed by atoms with E-state index in [4.69, 9.17) is 0 Å². The van der Waals surface area contributed by atoms with Crippen LogP contribution in [-0.4, -0.2) is 0 Å². The molecule has 13 rings (SSSR count). The third-order valence-electron chi connectivity index (χ3n) is 14.9. The second-order valence-corrected chi connectivity index (χ2v) is 18.8. The molecule has 0 atom stereocenters. The van der Waals surface area contributed by atoms with Crippen molar-refractivity contribution in [3.8, 4) is 44.5 Å². The lowest BCUT2D eigenvalue weighted by Gasteiger charge is -2.35. The second-order valence-electron chi connectivity index (χ2n) is 18.8. The van der Waals surface area contributed by atoms with Gasteiger partial charge in [-0.2, -0.15) is 0 Å². The molecule has 2 aliphatic rings. The zero-order valence-corrected chi connectivity index (χ0v) is 37.6. The van der Waals surface area contributed by atoms with E-state index in [1.807, 2.05) is 0 Å². The first kappa shape index (κ1) is 39.1. The molecule has 0 N–H and O–H groups in total. The zero-order valence-electron chi connectivity index (χ0n) is 37.6. The van der Waals surface area contributed by atoms with Crippen LogP contribution in [0.5, 0.6) is 0 Å². The van der Waals surface area contributed by atoms with Gasteiger partial charge in [0.25, 0.3) is 0 Å². The molecule has 11 aromatic rings. The van der Waals surface area contributed by atoms with E-state index in [0.29, 0.717) is 0 Å². The van der Waals surface area contributed by atoms with E-state index in [2.05, 4.69) is 267 Å². The maximum Gasteiger partial charge on any atom is 0.0714 e.